The fraction of sp³-hybridized carbons (Fsp3) is 0.188. The number of ether oxygens (including phenoxy) is 1. The molecule has 2 aromatic rings. The molecule has 0 fully saturated rings. The summed E-state index contributed by atoms with van der Waals surface area (Å²) in [5.41, 5.74) is 2.17. The molecule has 0 aliphatic rings. The van der Waals surface area contributed by atoms with Crippen molar-refractivity contribution in [3.05, 3.63) is 57.3 Å². The van der Waals surface area contributed by atoms with E-state index in [2.05, 4.69) is 22.0 Å². The highest BCUT2D eigenvalue weighted by molar-refractivity contribution is 9.10. The van der Waals surface area contributed by atoms with Gasteiger partial charge in [-0.05, 0) is 64.7 Å². The maximum atomic E-state index is 14.2. The summed E-state index contributed by atoms with van der Waals surface area (Å²) >= 11 is 3.16. The summed E-state index contributed by atoms with van der Waals surface area (Å²) in [5, 5.41) is 8.96. The monoisotopic (exact) mass is 333 g/mol. The predicted octanol–water partition coefficient (Wildman–Crippen LogP) is 5.12. The summed E-state index contributed by atoms with van der Waals surface area (Å²) in [6.45, 7) is 3.80. The predicted molar refractivity (Wildman–Crippen MR) is 79.4 cm³/mol. The van der Waals surface area contributed by atoms with Crippen LogP contribution in [0.25, 0.3) is 0 Å². The Labute approximate surface area is 125 Å². The first-order valence-corrected chi connectivity index (χ1v) is 7.01. The summed E-state index contributed by atoms with van der Waals surface area (Å²) in [5.74, 6) is 0.244. The second kappa shape index (κ2) is 6.06. The topological polar surface area (TPSA) is 33.0 Å². The van der Waals surface area contributed by atoms with Crippen LogP contribution in [0.4, 0.5) is 4.39 Å². The fourth-order valence-electron chi connectivity index (χ4n) is 1.95. The zero-order valence-electron chi connectivity index (χ0n) is 11.2. The van der Waals surface area contributed by atoms with E-state index >= 15 is 0 Å². The fourth-order valence-corrected chi connectivity index (χ4v) is 2.26. The molecule has 0 bridgehead atoms. The Bertz CT molecular complexity index is 692. The minimum atomic E-state index is -0.427. The number of halogens is 2. The summed E-state index contributed by atoms with van der Waals surface area (Å²) in [6.07, 6.45) is 0.663. The van der Waals surface area contributed by atoms with Gasteiger partial charge in [0.15, 0.2) is 11.6 Å². The van der Waals surface area contributed by atoms with Crippen molar-refractivity contribution in [2.75, 3.05) is 0 Å². The van der Waals surface area contributed by atoms with E-state index in [0.29, 0.717) is 22.2 Å². The minimum absolute atomic E-state index is 0.205. The van der Waals surface area contributed by atoms with E-state index in [4.69, 9.17) is 10.00 Å². The van der Waals surface area contributed by atoms with Crippen molar-refractivity contribution in [3.8, 4) is 17.6 Å². The van der Waals surface area contributed by atoms with Crippen LogP contribution in [-0.4, -0.2) is 0 Å². The Morgan fingerprint density at radius 2 is 2.05 bits per heavy atom. The zero-order chi connectivity index (χ0) is 14.7. The van der Waals surface area contributed by atoms with Gasteiger partial charge in [-0.25, -0.2) is 4.39 Å². The molecule has 0 aromatic heterocycles. The van der Waals surface area contributed by atoms with Crippen molar-refractivity contribution in [2.45, 2.75) is 20.3 Å². The van der Waals surface area contributed by atoms with Crippen molar-refractivity contribution in [2.24, 2.45) is 0 Å². The molecule has 2 rings (SSSR count). The Morgan fingerprint density at radius 3 is 2.70 bits per heavy atom. The zero-order valence-corrected chi connectivity index (χ0v) is 12.8. The first-order valence-electron chi connectivity index (χ1n) is 6.21. The number of benzene rings is 2. The number of nitriles is 1. The van der Waals surface area contributed by atoms with E-state index in [-0.39, 0.29) is 5.75 Å². The maximum absolute atomic E-state index is 14.2. The lowest BCUT2D eigenvalue weighted by Gasteiger charge is -2.13. The first-order chi connectivity index (χ1) is 9.55. The molecule has 0 amide bonds. The summed E-state index contributed by atoms with van der Waals surface area (Å²) < 4.78 is 20.2. The van der Waals surface area contributed by atoms with E-state index in [1.54, 1.807) is 24.3 Å². The third-order valence-electron chi connectivity index (χ3n) is 2.91. The number of rotatable bonds is 3. The quantitative estimate of drug-likeness (QED) is 0.780. The molecule has 0 unspecified atom stereocenters. The van der Waals surface area contributed by atoms with Gasteiger partial charge in [0.25, 0.3) is 0 Å². The van der Waals surface area contributed by atoms with Crippen LogP contribution in [0.15, 0.2) is 34.8 Å². The van der Waals surface area contributed by atoms with Gasteiger partial charge >= 0.3 is 0 Å². The summed E-state index contributed by atoms with van der Waals surface area (Å²) in [4.78, 5) is 0. The standard InChI is InChI=1S/C16H13BrFNO/c1-3-12-4-5-14(17)15(18)16(12)20-13-7-10(2)6-11(8-13)9-19/h4-8H,3H2,1-2H3. The lowest BCUT2D eigenvalue weighted by atomic mass is 10.1. The first kappa shape index (κ1) is 14.5. The van der Waals surface area contributed by atoms with E-state index in [1.165, 1.54) is 0 Å². The van der Waals surface area contributed by atoms with E-state index in [1.807, 2.05) is 19.9 Å². The third-order valence-corrected chi connectivity index (χ3v) is 3.52. The molecule has 0 N–H and O–H groups in total. The molecule has 0 spiro atoms. The van der Waals surface area contributed by atoms with Gasteiger partial charge in [-0.3, -0.25) is 0 Å². The molecular weight excluding hydrogens is 321 g/mol. The number of hydrogen-bond donors (Lipinski definition) is 0. The van der Waals surface area contributed by atoms with Gasteiger partial charge in [-0.15, -0.1) is 0 Å². The molecule has 2 nitrogen and oxygen atoms in total. The summed E-state index contributed by atoms with van der Waals surface area (Å²) in [6, 6.07) is 10.7. The molecule has 0 saturated heterocycles. The van der Waals surface area contributed by atoms with E-state index < -0.39 is 5.82 Å². The van der Waals surface area contributed by atoms with Gasteiger partial charge in [0.2, 0.25) is 0 Å². The molecule has 2 aromatic carbocycles. The Hall–Kier alpha value is -1.86. The molecule has 0 aliphatic carbocycles. The summed E-state index contributed by atoms with van der Waals surface area (Å²) in [7, 11) is 0. The van der Waals surface area contributed by atoms with Crippen molar-refractivity contribution < 1.29 is 9.13 Å². The average molecular weight is 334 g/mol. The Balaban J connectivity index is 2.47. The van der Waals surface area contributed by atoms with Crippen LogP contribution in [0, 0.1) is 24.1 Å². The molecule has 20 heavy (non-hydrogen) atoms. The second-order valence-corrected chi connectivity index (χ2v) is 5.31. The highest BCUT2D eigenvalue weighted by Crippen LogP contribution is 2.33. The lowest BCUT2D eigenvalue weighted by molar-refractivity contribution is 0.434. The molecule has 102 valence electrons. The van der Waals surface area contributed by atoms with Gasteiger partial charge in [0.05, 0.1) is 16.1 Å². The molecule has 4 heteroatoms. The maximum Gasteiger partial charge on any atom is 0.180 e. The molecule has 0 atom stereocenters. The average Bonchev–Trinajstić information content (AvgIpc) is 2.43. The highest BCUT2D eigenvalue weighted by Gasteiger charge is 2.14. The van der Waals surface area contributed by atoms with Crippen molar-refractivity contribution >= 4 is 15.9 Å². The van der Waals surface area contributed by atoms with Gasteiger partial charge in [0.1, 0.15) is 5.75 Å². The van der Waals surface area contributed by atoms with Crippen LogP contribution < -0.4 is 4.74 Å². The van der Waals surface area contributed by atoms with Crippen LogP contribution in [0.3, 0.4) is 0 Å². The molecule has 0 radical (unpaired) electrons. The number of nitrogens with zero attached hydrogens (tertiary/aromatic N) is 1. The second-order valence-electron chi connectivity index (χ2n) is 4.45. The number of aryl methyl sites for hydroxylation is 2. The van der Waals surface area contributed by atoms with Gasteiger partial charge < -0.3 is 4.74 Å². The highest BCUT2D eigenvalue weighted by atomic mass is 79.9. The molecule has 0 aliphatic heterocycles. The molecule has 0 heterocycles. The molecular formula is C16H13BrFNO. The van der Waals surface area contributed by atoms with Crippen LogP contribution in [0.1, 0.15) is 23.6 Å². The van der Waals surface area contributed by atoms with E-state index in [0.717, 1.165) is 11.1 Å². The van der Waals surface area contributed by atoms with Crippen molar-refractivity contribution in [1.82, 2.24) is 0 Å². The van der Waals surface area contributed by atoms with Crippen LogP contribution in [0.5, 0.6) is 11.5 Å². The van der Waals surface area contributed by atoms with Crippen LogP contribution in [-0.2, 0) is 6.42 Å². The molecule has 0 saturated carbocycles. The normalized spacial score (nSPS) is 10.2. The Kier molecular flexibility index (Phi) is 4.41. The smallest absolute Gasteiger partial charge is 0.180 e. The Morgan fingerprint density at radius 1 is 1.30 bits per heavy atom. The number of hydrogen-bond acceptors (Lipinski definition) is 2. The van der Waals surface area contributed by atoms with Crippen molar-refractivity contribution in [3.63, 3.8) is 0 Å². The van der Waals surface area contributed by atoms with Gasteiger partial charge in [-0.2, -0.15) is 5.26 Å². The minimum Gasteiger partial charge on any atom is -0.454 e. The van der Waals surface area contributed by atoms with Crippen LogP contribution >= 0.6 is 15.9 Å². The largest absolute Gasteiger partial charge is 0.454 e. The van der Waals surface area contributed by atoms with Crippen molar-refractivity contribution in [1.29, 1.82) is 5.26 Å². The van der Waals surface area contributed by atoms with E-state index in [9.17, 15) is 4.39 Å². The van der Waals surface area contributed by atoms with Crippen LogP contribution in [0.2, 0.25) is 0 Å². The van der Waals surface area contributed by atoms with Gasteiger partial charge in [0, 0.05) is 0 Å². The lowest BCUT2D eigenvalue weighted by Crippen LogP contribution is -1.96. The SMILES string of the molecule is CCc1ccc(Br)c(F)c1Oc1cc(C)cc(C#N)c1. The third kappa shape index (κ3) is 3.00. The van der Waals surface area contributed by atoms with Gasteiger partial charge in [-0.1, -0.05) is 13.0 Å².